The predicted molar refractivity (Wildman–Crippen MR) is 80.9 cm³/mol. The van der Waals surface area contributed by atoms with E-state index < -0.39 is 0 Å². The van der Waals surface area contributed by atoms with Gasteiger partial charge in [-0.25, -0.2) is 0 Å². The zero-order valence-corrected chi connectivity index (χ0v) is 12.4. The quantitative estimate of drug-likeness (QED) is 0.946. The summed E-state index contributed by atoms with van der Waals surface area (Å²) in [5, 5.41) is 13.4. The molecule has 0 amide bonds. The fourth-order valence-electron chi connectivity index (χ4n) is 2.30. The third kappa shape index (κ3) is 3.00. The largest absolute Gasteiger partial charge is 0.508 e. The molecule has 104 valence electrons. The fraction of sp³-hybridized carbons (Fsp3) is 0.286. The van der Waals surface area contributed by atoms with Crippen LogP contribution in [0.2, 0.25) is 4.34 Å². The number of hydrogen-bond donors (Lipinski definition) is 1. The second-order valence-corrected chi connectivity index (χ2v) is 6.11. The minimum Gasteiger partial charge on any atom is -0.508 e. The number of phenolic OH excluding ortho intramolecular Hbond substituents is 1. The number of halogens is 1. The number of hydrogen-bond acceptors (Lipinski definition) is 5. The Labute approximate surface area is 126 Å². The first-order valence-corrected chi connectivity index (χ1v) is 7.55. The molecule has 1 N–H and O–H groups in total. The van der Waals surface area contributed by atoms with E-state index in [1.807, 2.05) is 12.1 Å². The molecule has 0 saturated carbocycles. The van der Waals surface area contributed by atoms with Crippen LogP contribution in [-0.2, 0) is 6.54 Å². The summed E-state index contributed by atoms with van der Waals surface area (Å²) in [6.45, 7) is 2.60. The molecular formula is C14H14ClN3OS. The Kier molecular flexibility index (Phi) is 4.00. The summed E-state index contributed by atoms with van der Waals surface area (Å²) in [4.78, 5) is 2.30. The standard InChI is InChI=1S/C14H14ClN3OS/c15-14-13(16-17-20-14)9-18-7-5-11(6-8-18)10-1-3-12(19)4-2-10/h1-5,19H,6-9H2. The van der Waals surface area contributed by atoms with Gasteiger partial charge in [-0.1, -0.05) is 34.3 Å². The lowest BCUT2D eigenvalue weighted by atomic mass is 9.99. The Morgan fingerprint density at radius 1 is 1.30 bits per heavy atom. The molecule has 0 fully saturated rings. The number of aromatic hydroxyl groups is 1. The van der Waals surface area contributed by atoms with Crippen LogP contribution in [0.1, 0.15) is 17.7 Å². The summed E-state index contributed by atoms with van der Waals surface area (Å²) >= 11 is 7.26. The highest BCUT2D eigenvalue weighted by molar-refractivity contribution is 7.10. The Hall–Kier alpha value is -1.43. The summed E-state index contributed by atoms with van der Waals surface area (Å²) in [5.74, 6) is 0.303. The summed E-state index contributed by atoms with van der Waals surface area (Å²) in [7, 11) is 0. The number of aromatic nitrogens is 2. The molecule has 0 saturated heterocycles. The topological polar surface area (TPSA) is 49.2 Å². The molecule has 1 aromatic carbocycles. The van der Waals surface area contributed by atoms with Gasteiger partial charge >= 0.3 is 0 Å². The lowest BCUT2D eigenvalue weighted by Crippen LogP contribution is -2.28. The molecule has 6 heteroatoms. The van der Waals surface area contributed by atoms with Crippen molar-refractivity contribution in [3.05, 3.63) is 45.9 Å². The first-order chi connectivity index (χ1) is 9.72. The molecule has 1 aromatic heterocycles. The molecule has 2 aromatic rings. The summed E-state index contributed by atoms with van der Waals surface area (Å²) < 4.78 is 4.53. The summed E-state index contributed by atoms with van der Waals surface area (Å²) in [5.41, 5.74) is 3.36. The normalized spacial score (nSPS) is 16.1. The predicted octanol–water partition coefficient (Wildman–Crippen LogP) is 3.19. The minimum atomic E-state index is 0.303. The molecule has 20 heavy (non-hydrogen) atoms. The second kappa shape index (κ2) is 5.91. The number of benzene rings is 1. The molecule has 0 atom stereocenters. The monoisotopic (exact) mass is 307 g/mol. The van der Waals surface area contributed by atoms with E-state index in [1.54, 1.807) is 12.1 Å². The lowest BCUT2D eigenvalue weighted by molar-refractivity contribution is 0.290. The van der Waals surface area contributed by atoms with Crippen molar-refractivity contribution in [2.75, 3.05) is 13.1 Å². The highest BCUT2D eigenvalue weighted by Gasteiger charge is 2.16. The van der Waals surface area contributed by atoms with Gasteiger partial charge in [0.05, 0.1) is 0 Å². The van der Waals surface area contributed by atoms with Crippen LogP contribution in [0.4, 0.5) is 0 Å². The van der Waals surface area contributed by atoms with Gasteiger partial charge in [0.25, 0.3) is 0 Å². The van der Waals surface area contributed by atoms with Crippen molar-refractivity contribution in [1.29, 1.82) is 0 Å². The number of phenols is 1. The van der Waals surface area contributed by atoms with Gasteiger partial charge in [-0.3, -0.25) is 4.90 Å². The molecule has 0 radical (unpaired) electrons. The van der Waals surface area contributed by atoms with Crippen molar-refractivity contribution >= 4 is 28.7 Å². The van der Waals surface area contributed by atoms with Crippen LogP contribution < -0.4 is 0 Å². The van der Waals surface area contributed by atoms with E-state index >= 15 is 0 Å². The van der Waals surface area contributed by atoms with Crippen molar-refractivity contribution in [3.63, 3.8) is 0 Å². The zero-order valence-electron chi connectivity index (χ0n) is 10.8. The maximum Gasteiger partial charge on any atom is 0.138 e. The third-order valence-electron chi connectivity index (χ3n) is 3.41. The van der Waals surface area contributed by atoms with Gasteiger partial charge < -0.3 is 5.11 Å². The first kappa shape index (κ1) is 13.5. The zero-order chi connectivity index (χ0) is 13.9. The molecule has 0 spiro atoms. The number of rotatable bonds is 3. The fourth-order valence-corrected chi connectivity index (χ4v) is 2.91. The minimum absolute atomic E-state index is 0.303. The SMILES string of the molecule is Oc1ccc(C2=CCN(Cc3nnsc3Cl)CC2)cc1. The summed E-state index contributed by atoms with van der Waals surface area (Å²) in [6.07, 6.45) is 3.21. The molecule has 3 rings (SSSR count). The van der Waals surface area contributed by atoms with Crippen molar-refractivity contribution < 1.29 is 5.11 Å². The van der Waals surface area contributed by atoms with Crippen molar-refractivity contribution in [1.82, 2.24) is 14.5 Å². The average molecular weight is 308 g/mol. The highest BCUT2D eigenvalue weighted by atomic mass is 35.5. The maximum absolute atomic E-state index is 9.31. The van der Waals surface area contributed by atoms with Crippen LogP contribution in [0.3, 0.4) is 0 Å². The Morgan fingerprint density at radius 2 is 2.10 bits per heavy atom. The van der Waals surface area contributed by atoms with E-state index in [-0.39, 0.29) is 0 Å². The van der Waals surface area contributed by atoms with E-state index in [4.69, 9.17) is 11.6 Å². The number of nitrogens with zero attached hydrogens (tertiary/aromatic N) is 3. The molecule has 0 bridgehead atoms. The lowest BCUT2D eigenvalue weighted by Gasteiger charge is -2.25. The van der Waals surface area contributed by atoms with Gasteiger partial charge in [0.15, 0.2) is 0 Å². The third-order valence-corrected chi connectivity index (χ3v) is 4.40. The Bertz CT molecular complexity index is 624. The van der Waals surface area contributed by atoms with E-state index in [2.05, 4.69) is 20.6 Å². The highest BCUT2D eigenvalue weighted by Crippen LogP contribution is 2.25. The smallest absolute Gasteiger partial charge is 0.138 e. The van der Waals surface area contributed by atoms with E-state index in [0.717, 1.165) is 31.7 Å². The van der Waals surface area contributed by atoms with E-state index in [1.165, 1.54) is 22.7 Å². The van der Waals surface area contributed by atoms with Crippen molar-refractivity contribution in [2.24, 2.45) is 0 Å². The Balaban J connectivity index is 1.66. The van der Waals surface area contributed by atoms with E-state index in [9.17, 15) is 5.11 Å². The first-order valence-electron chi connectivity index (χ1n) is 6.40. The molecule has 0 aliphatic carbocycles. The maximum atomic E-state index is 9.31. The molecule has 2 heterocycles. The molecule has 1 aliphatic rings. The van der Waals surface area contributed by atoms with Gasteiger partial charge in [-0.15, -0.1) is 5.10 Å². The Morgan fingerprint density at radius 3 is 2.70 bits per heavy atom. The summed E-state index contributed by atoms with van der Waals surface area (Å²) in [6, 6.07) is 7.36. The van der Waals surface area contributed by atoms with Gasteiger partial charge in [0.1, 0.15) is 15.8 Å². The van der Waals surface area contributed by atoms with Gasteiger partial charge in [-0.05, 0) is 29.7 Å². The van der Waals surface area contributed by atoms with Crippen LogP contribution in [0.15, 0.2) is 30.3 Å². The molecule has 0 unspecified atom stereocenters. The molecular weight excluding hydrogens is 294 g/mol. The van der Waals surface area contributed by atoms with Gasteiger partial charge in [-0.2, -0.15) is 0 Å². The van der Waals surface area contributed by atoms with E-state index in [0.29, 0.717) is 10.1 Å². The van der Waals surface area contributed by atoms with Crippen LogP contribution in [0.5, 0.6) is 5.75 Å². The van der Waals surface area contributed by atoms with Crippen LogP contribution >= 0.6 is 23.1 Å². The van der Waals surface area contributed by atoms with Crippen LogP contribution in [-0.4, -0.2) is 32.7 Å². The van der Waals surface area contributed by atoms with Gasteiger partial charge in [0.2, 0.25) is 0 Å². The molecule has 1 aliphatic heterocycles. The van der Waals surface area contributed by atoms with Crippen LogP contribution in [0.25, 0.3) is 5.57 Å². The second-order valence-electron chi connectivity index (χ2n) is 4.75. The molecule has 4 nitrogen and oxygen atoms in total. The van der Waals surface area contributed by atoms with Crippen LogP contribution in [0, 0.1) is 0 Å². The van der Waals surface area contributed by atoms with Crippen molar-refractivity contribution in [3.8, 4) is 5.75 Å². The van der Waals surface area contributed by atoms with Crippen molar-refractivity contribution in [2.45, 2.75) is 13.0 Å². The average Bonchev–Trinajstić information content (AvgIpc) is 2.86. The van der Waals surface area contributed by atoms with Gasteiger partial charge in [0, 0.05) is 31.2 Å².